The lowest BCUT2D eigenvalue weighted by molar-refractivity contribution is -0.140. The second-order valence-corrected chi connectivity index (χ2v) is 4.69. The van der Waals surface area contributed by atoms with Crippen LogP contribution in [0.2, 0.25) is 10.0 Å². The summed E-state index contributed by atoms with van der Waals surface area (Å²) >= 11 is 11.8. The molecule has 0 aliphatic rings. The zero-order valence-electron chi connectivity index (χ0n) is 11.6. The molecule has 0 aliphatic carbocycles. The largest absolute Gasteiger partial charge is 0.463 e. The van der Waals surface area contributed by atoms with E-state index in [0.29, 0.717) is 15.7 Å². The number of hydrogen-bond donors (Lipinski definition) is 1. The lowest BCUT2D eigenvalue weighted by atomic mass is 10.3. The molecule has 7 heteroatoms. The number of rotatable bonds is 6. The zero-order chi connectivity index (χ0) is 15.8. The number of esters is 2. The number of nitrogens with one attached hydrogen (secondary N) is 1. The lowest BCUT2D eigenvalue weighted by Gasteiger charge is -2.11. The highest BCUT2D eigenvalue weighted by Gasteiger charge is 2.14. The standard InChI is InChI=1S/C14H15Cl2NO4/c1-3-20-13(18)8-12(14(19)21-4-2)17-11-6-9(15)5-10(16)7-11/h5-8,17H,3-4H2,1-2H3/b12-8+. The minimum atomic E-state index is -0.679. The van der Waals surface area contributed by atoms with Gasteiger partial charge < -0.3 is 14.8 Å². The van der Waals surface area contributed by atoms with Crippen LogP contribution < -0.4 is 5.32 Å². The molecular formula is C14H15Cl2NO4. The highest BCUT2D eigenvalue weighted by molar-refractivity contribution is 6.35. The molecule has 1 rings (SSSR count). The van der Waals surface area contributed by atoms with E-state index in [9.17, 15) is 9.59 Å². The van der Waals surface area contributed by atoms with Crippen molar-refractivity contribution in [3.05, 3.63) is 40.0 Å². The van der Waals surface area contributed by atoms with Gasteiger partial charge in [-0.15, -0.1) is 0 Å². The predicted molar refractivity (Wildman–Crippen MR) is 81.4 cm³/mol. The van der Waals surface area contributed by atoms with Crippen LogP contribution in [0.5, 0.6) is 0 Å². The molecule has 0 aliphatic heterocycles. The molecule has 0 saturated heterocycles. The van der Waals surface area contributed by atoms with E-state index in [2.05, 4.69) is 5.32 Å². The predicted octanol–water partition coefficient (Wildman–Crippen LogP) is 3.42. The van der Waals surface area contributed by atoms with Crippen LogP contribution in [0.4, 0.5) is 5.69 Å². The van der Waals surface area contributed by atoms with Gasteiger partial charge in [0.2, 0.25) is 0 Å². The van der Waals surface area contributed by atoms with Gasteiger partial charge in [-0.1, -0.05) is 23.2 Å². The molecule has 0 fully saturated rings. The third-order valence-electron chi connectivity index (χ3n) is 2.19. The summed E-state index contributed by atoms with van der Waals surface area (Å²) < 4.78 is 9.64. The third kappa shape index (κ3) is 6.06. The van der Waals surface area contributed by atoms with Crippen molar-refractivity contribution < 1.29 is 19.1 Å². The van der Waals surface area contributed by atoms with Crippen molar-refractivity contribution in [1.82, 2.24) is 0 Å². The fourth-order valence-corrected chi connectivity index (χ4v) is 1.96. The number of carbonyl (C=O) groups excluding carboxylic acids is 2. The average Bonchev–Trinajstić information content (AvgIpc) is 2.37. The van der Waals surface area contributed by atoms with E-state index in [1.54, 1.807) is 32.0 Å². The van der Waals surface area contributed by atoms with Crippen molar-refractivity contribution in [1.29, 1.82) is 0 Å². The molecule has 114 valence electrons. The van der Waals surface area contributed by atoms with Gasteiger partial charge in [0.1, 0.15) is 5.70 Å². The minimum Gasteiger partial charge on any atom is -0.463 e. The molecule has 1 aromatic carbocycles. The van der Waals surface area contributed by atoms with Crippen LogP contribution in [0.25, 0.3) is 0 Å². The van der Waals surface area contributed by atoms with Crippen molar-refractivity contribution in [2.24, 2.45) is 0 Å². The topological polar surface area (TPSA) is 64.6 Å². The van der Waals surface area contributed by atoms with E-state index < -0.39 is 11.9 Å². The van der Waals surface area contributed by atoms with E-state index in [1.807, 2.05) is 0 Å². The molecule has 1 aromatic rings. The van der Waals surface area contributed by atoms with Gasteiger partial charge in [-0.25, -0.2) is 9.59 Å². The van der Waals surface area contributed by atoms with E-state index in [-0.39, 0.29) is 18.9 Å². The molecule has 0 spiro atoms. The molecule has 0 atom stereocenters. The Bertz CT molecular complexity index is 538. The van der Waals surface area contributed by atoms with Gasteiger partial charge in [0.05, 0.1) is 19.3 Å². The maximum atomic E-state index is 11.8. The Morgan fingerprint density at radius 1 is 1.10 bits per heavy atom. The summed E-state index contributed by atoms with van der Waals surface area (Å²) in [7, 11) is 0. The van der Waals surface area contributed by atoms with Crippen LogP contribution >= 0.6 is 23.2 Å². The molecule has 0 amide bonds. The fourth-order valence-electron chi connectivity index (χ4n) is 1.44. The first-order chi connectivity index (χ1) is 9.96. The van der Waals surface area contributed by atoms with E-state index in [1.165, 1.54) is 0 Å². The van der Waals surface area contributed by atoms with Crippen molar-refractivity contribution in [2.75, 3.05) is 18.5 Å². The first-order valence-electron chi connectivity index (χ1n) is 6.25. The van der Waals surface area contributed by atoms with Gasteiger partial charge in [-0.3, -0.25) is 0 Å². The average molecular weight is 332 g/mol. The van der Waals surface area contributed by atoms with Crippen LogP contribution in [-0.4, -0.2) is 25.2 Å². The molecule has 21 heavy (non-hydrogen) atoms. The highest BCUT2D eigenvalue weighted by atomic mass is 35.5. The summed E-state index contributed by atoms with van der Waals surface area (Å²) in [5.74, 6) is -1.33. The summed E-state index contributed by atoms with van der Waals surface area (Å²) in [6.07, 6.45) is 1.02. The second kappa shape index (κ2) is 8.54. The van der Waals surface area contributed by atoms with E-state index in [4.69, 9.17) is 32.7 Å². The molecule has 0 unspecified atom stereocenters. The summed E-state index contributed by atoms with van der Waals surface area (Å²) in [4.78, 5) is 23.3. The molecule has 1 N–H and O–H groups in total. The van der Waals surface area contributed by atoms with Gasteiger partial charge >= 0.3 is 11.9 Å². The number of benzene rings is 1. The van der Waals surface area contributed by atoms with Gasteiger partial charge in [0, 0.05) is 15.7 Å². The van der Waals surface area contributed by atoms with Crippen LogP contribution in [0, 0.1) is 0 Å². The van der Waals surface area contributed by atoms with Crippen LogP contribution in [0.15, 0.2) is 30.0 Å². The number of anilines is 1. The molecular weight excluding hydrogens is 317 g/mol. The Labute approximate surface area is 132 Å². The number of carbonyl (C=O) groups is 2. The molecule has 5 nitrogen and oxygen atoms in total. The third-order valence-corrected chi connectivity index (χ3v) is 2.62. The first kappa shape index (κ1) is 17.3. The lowest BCUT2D eigenvalue weighted by Crippen LogP contribution is -2.17. The summed E-state index contributed by atoms with van der Waals surface area (Å²) in [5.41, 5.74) is 0.393. The van der Waals surface area contributed by atoms with Gasteiger partial charge in [0.15, 0.2) is 0 Å². The summed E-state index contributed by atoms with van der Waals surface area (Å²) in [5, 5.41) is 3.54. The highest BCUT2D eigenvalue weighted by Crippen LogP contribution is 2.23. The Morgan fingerprint density at radius 3 is 2.19 bits per heavy atom. The van der Waals surface area contributed by atoms with Crippen LogP contribution in [-0.2, 0) is 19.1 Å². The number of hydrogen-bond acceptors (Lipinski definition) is 5. The van der Waals surface area contributed by atoms with Crippen molar-refractivity contribution >= 4 is 40.8 Å². The fraction of sp³-hybridized carbons (Fsp3) is 0.286. The Morgan fingerprint density at radius 2 is 1.67 bits per heavy atom. The normalized spacial score (nSPS) is 11.0. The Hall–Kier alpha value is -1.72. The van der Waals surface area contributed by atoms with Gasteiger partial charge in [-0.05, 0) is 32.0 Å². The van der Waals surface area contributed by atoms with Crippen molar-refractivity contribution in [3.8, 4) is 0 Å². The zero-order valence-corrected chi connectivity index (χ0v) is 13.1. The number of halogens is 2. The number of ether oxygens (including phenoxy) is 2. The first-order valence-corrected chi connectivity index (χ1v) is 7.00. The Balaban J connectivity index is 3.01. The molecule has 0 saturated carbocycles. The Kier molecular flexibility index (Phi) is 7.05. The smallest absolute Gasteiger partial charge is 0.355 e. The van der Waals surface area contributed by atoms with Gasteiger partial charge in [-0.2, -0.15) is 0 Å². The summed E-state index contributed by atoms with van der Waals surface area (Å²) in [6.45, 7) is 3.71. The van der Waals surface area contributed by atoms with Crippen molar-refractivity contribution in [3.63, 3.8) is 0 Å². The van der Waals surface area contributed by atoms with E-state index in [0.717, 1.165) is 6.08 Å². The molecule has 0 heterocycles. The van der Waals surface area contributed by atoms with Crippen LogP contribution in [0.1, 0.15) is 13.8 Å². The van der Waals surface area contributed by atoms with Crippen LogP contribution in [0.3, 0.4) is 0 Å². The van der Waals surface area contributed by atoms with E-state index >= 15 is 0 Å². The monoisotopic (exact) mass is 331 g/mol. The second-order valence-electron chi connectivity index (χ2n) is 3.81. The van der Waals surface area contributed by atoms with Crippen molar-refractivity contribution in [2.45, 2.75) is 13.8 Å². The SMILES string of the molecule is CCOC(=O)/C=C(/Nc1cc(Cl)cc(Cl)c1)C(=O)OCC. The molecule has 0 radical (unpaired) electrons. The maximum absolute atomic E-state index is 11.8. The minimum absolute atomic E-state index is 0.0615. The molecule has 0 aromatic heterocycles. The molecule has 0 bridgehead atoms. The van der Waals surface area contributed by atoms with Gasteiger partial charge in [0.25, 0.3) is 0 Å². The quantitative estimate of drug-likeness (QED) is 0.639. The summed E-state index contributed by atoms with van der Waals surface area (Å²) in [6, 6.07) is 4.67. The maximum Gasteiger partial charge on any atom is 0.355 e.